The second-order valence-corrected chi connectivity index (χ2v) is 7.73. The van der Waals surface area contributed by atoms with Crippen molar-refractivity contribution in [3.63, 3.8) is 0 Å². The fourth-order valence-electron chi connectivity index (χ4n) is 3.60. The van der Waals surface area contributed by atoms with Gasteiger partial charge in [0.25, 0.3) is 5.56 Å². The average molecular weight is 445 g/mol. The molecule has 0 saturated carbocycles. The summed E-state index contributed by atoms with van der Waals surface area (Å²) >= 11 is 5.87. The third kappa shape index (κ3) is 4.96. The maximum atomic E-state index is 13.4. The quantitative estimate of drug-likeness (QED) is 0.582. The molecule has 0 aliphatic carbocycles. The Hall–Kier alpha value is -3.13. The van der Waals surface area contributed by atoms with Crippen molar-refractivity contribution in [1.82, 2.24) is 14.7 Å². The number of piperazine rings is 1. The first kappa shape index (κ1) is 21.1. The lowest BCUT2D eigenvalue weighted by atomic mass is 10.2. The molecule has 3 heterocycles. The third-order valence-corrected chi connectivity index (χ3v) is 5.59. The highest BCUT2D eigenvalue weighted by Crippen LogP contribution is 2.23. The van der Waals surface area contributed by atoms with E-state index in [0.717, 1.165) is 5.69 Å². The van der Waals surface area contributed by atoms with Crippen molar-refractivity contribution in [2.24, 2.45) is 0 Å². The molecule has 0 radical (unpaired) electrons. The van der Waals surface area contributed by atoms with E-state index in [9.17, 15) is 14.0 Å². The number of carbonyl (C=O) groups is 1. The molecular weight excluding hydrogens is 423 g/mol. The first-order valence-corrected chi connectivity index (χ1v) is 10.5. The van der Waals surface area contributed by atoms with Gasteiger partial charge in [-0.05, 0) is 42.8 Å². The van der Waals surface area contributed by atoms with Gasteiger partial charge >= 0.3 is 0 Å². The van der Waals surface area contributed by atoms with Crippen LogP contribution in [0.4, 0.5) is 10.1 Å². The minimum atomic E-state index is -0.442. The Kier molecular flexibility index (Phi) is 6.36. The molecule has 0 unspecified atom stereocenters. The predicted molar refractivity (Wildman–Crippen MR) is 116 cm³/mol. The van der Waals surface area contributed by atoms with Crippen LogP contribution < -0.4 is 10.5 Å². The summed E-state index contributed by atoms with van der Waals surface area (Å²) in [6.45, 7) is 2.83. The van der Waals surface area contributed by atoms with Crippen LogP contribution in [0.3, 0.4) is 0 Å². The fourth-order valence-corrected chi connectivity index (χ4v) is 3.77. The number of nitrogens with zero attached hydrogens (tertiary/aromatic N) is 4. The number of rotatable bonds is 6. The van der Waals surface area contributed by atoms with Crippen LogP contribution in [0.15, 0.2) is 57.9 Å². The number of benzene rings is 1. The van der Waals surface area contributed by atoms with Crippen LogP contribution in [0.2, 0.25) is 5.02 Å². The van der Waals surface area contributed by atoms with Crippen LogP contribution in [-0.2, 0) is 11.3 Å². The van der Waals surface area contributed by atoms with E-state index in [2.05, 4.69) is 10.00 Å². The van der Waals surface area contributed by atoms with E-state index in [4.69, 9.17) is 16.0 Å². The van der Waals surface area contributed by atoms with E-state index in [1.807, 2.05) is 4.90 Å². The van der Waals surface area contributed by atoms with Gasteiger partial charge in [0.1, 0.15) is 11.5 Å². The lowest BCUT2D eigenvalue weighted by Gasteiger charge is -2.36. The Labute approximate surface area is 183 Å². The number of aromatic nitrogens is 2. The van der Waals surface area contributed by atoms with E-state index in [1.54, 1.807) is 36.6 Å². The minimum Gasteiger partial charge on any atom is -0.463 e. The molecule has 0 bridgehead atoms. The lowest BCUT2D eigenvalue weighted by molar-refractivity contribution is -0.131. The number of halogens is 2. The Bertz CT molecular complexity index is 1110. The molecule has 0 spiro atoms. The van der Waals surface area contributed by atoms with Crippen molar-refractivity contribution in [3.05, 3.63) is 69.9 Å². The number of amides is 1. The van der Waals surface area contributed by atoms with Crippen LogP contribution in [0.5, 0.6) is 0 Å². The molecule has 4 rings (SSSR count). The molecule has 2 aromatic heterocycles. The van der Waals surface area contributed by atoms with Crippen LogP contribution in [0, 0.1) is 5.82 Å². The van der Waals surface area contributed by atoms with Crippen LogP contribution >= 0.6 is 11.6 Å². The number of aryl methyl sites for hydroxylation is 1. The average Bonchev–Trinajstić information content (AvgIpc) is 3.32. The smallest absolute Gasteiger partial charge is 0.266 e. The van der Waals surface area contributed by atoms with Crippen molar-refractivity contribution in [1.29, 1.82) is 0 Å². The maximum Gasteiger partial charge on any atom is 0.266 e. The second kappa shape index (κ2) is 9.34. The first-order valence-electron chi connectivity index (χ1n) is 10.1. The van der Waals surface area contributed by atoms with Crippen molar-refractivity contribution in [2.45, 2.75) is 19.4 Å². The predicted octanol–water partition coefficient (Wildman–Crippen LogP) is 3.42. The Morgan fingerprint density at radius 1 is 1.13 bits per heavy atom. The monoisotopic (exact) mass is 444 g/mol. The third-order valence-electron chi connectivity index (χ3n) is 5.30. The van der Waals surface area contributed by atoms with Crippen LogP contribution in [0.1, 0.15) is 12.8 Å². The summed E-state index contributed by atoms with van der Waals surface area (Å²) in [6.07, 6.45) is 2.40. The van der Waals surface area contributed by atoms with E-state index >= 15 is 0 Å². The molecule has 1 saturated heterocycles. The molecule has 7 nitrogen and oxygen atoms in total. The van der Waals surface area contributed by atoms with E-state index in [1.165, 1.54) is 16.8 Å². The SMILES string of the molecule is O=C(CCCn1nc(-c2ccco2)ccc1=O)N1CCN(c2ccc(F)c(Cl)c2)CC1. The highest BCUT2D eigenvalue weighted by Gasteiger charge is 2.21. The molecule has 1 amide bonds. The molecule has 1 aliphatic heterocycles. The van der Waals surface area contributed by atoms with Crippen molar-refractivity contribution in [2.75, 3.05) is 31.1 Å². The minimum absolute atomic E-state index is 0.0482. The van der Waals surface area contributed by atoms with Gasteiger partial charge in [-0.3, -0.25) is 9.59 Å². The summed E-state index contributed by atoms with van der Waals surface area (Å²) in [5, 5.41) is 4.42. The lowest BCUT2D eigenvalue weighted by Crippen LogP contribution is -2.48. The maximum absolute atomic E-state index is 13.4. The zero-order valence-electron chi connectivity index (χ0n) is 16.8. The molecule has 1 fully saturated rings. The normalized spacial score (nSPS) is 14.1. The van der Waals surface area contributed by atoms with Gasteiger partial charge in [0, 0.05) is 50.9 Å². The van der Waals surface area contributed by atoms with Gasteiger partial charge in [-0.15, -0.1) is 0 Å². The zero-order valence-corrected chi connectivity index (χ0v) is 17.6. The van der Waals surface area contributed by atoms with E-state index < -0.39 is 5.82 Å². The fraction of sp³-hybridized carbons (Fsp3) is 0.318. The van der Waals surface area contributed by atoms with Crippen LogP contribution in [0.25, 0.3) is 11.5 Å². The molecule has 0 N–H and O–H groups in total. The summed E-state index contributed by atoms with van der Waals surface area (Å²) in [7, 11) is 0. The summed E-state index contributed by atoms with van der Waals surface area (Å²) in [5.41, 5.74) is 1.21. The summed E-state index contributed by atoms with van der Waals surface area (Å²) in [6, 6.07) is 11.3. The standard InChI is InChI=1S/C22H22ClFN4O3/c23-17-15-16(5-6-18(17)24)26-10-12-27(13-11-26)21(29)4-1-9-28-22(30)8-7-19(25-28)20-3-2-14-31-20/h2-3,5-8,14-15H,1,4,9-13H2. The molecule has 1 aromatic carbocycles. The van der Waals surface area contributed by atoms with Crippen molar-refractivity contribution >= 4 is 23.2 Å². The first-order chi connectivity index (χ1) is 15.0. The number of hydrogen-bond acceptors (Lipinski definition) is 5. The van der Waals surface area contributed by atoms with Gasteiger partial charge in [-0.25, -0.2) is 9.07 Å². The Balaban J connectivity index is 1.28. The van der Waals surface area contributed by atoms with Crippen molar-refractivity contribution < 1.29 is 13.6 Å². The van der Waals surface area contributed by atoms with Gasteiger partial charge in [-0.1, -0.05) is 11.6 Å². The highest BCUT2D eigenvalue weighted by atomic mass is 35.5. The van der Waals surface area contributed by atoms with Crippen LogP contribution in [-0.4, -0.2) is 46.8 Å². The molecule has 0 atom stereocenters. The Morgan fingerprint density at radius 2 is 1.94 bits per heavy atom. The van der Waals surface area contributed by atoms with E-state index in [-0.39, 0.29) is 16.5 Å². The van der Waals surface area contributed by atoms with Gasteiger partial charge in [0.15, 0.2) is 5.76 Å². The number of anilines is 1. The van der Waals surface area contributed by atoms with Gasteiger partial charge in [0.2, 0.25) is 5.91 Å². The van der Waals surface area contributed by atoms with Gasteiger partial charge in [-0.2, -0.15) is 5.10 Å². The van der Waals surface area contributed by atoms with Gasteiger partial charge in [0.05, 0.1) is 11.3 Å². The van der Waals surface area contributed by atoms with Crippen molar-refractivity contribution in [3.8, 4) is 11.5 Å². The van der Waals surface area contributed by atoms with Gasteiger partial charge < -0.3 is 14.2 Å². The molecule has 3 aromatic rings. The largest absolute Gasteiger partial charge is 0.463 e. The second-order valence-electron chi connectivity index (χ2n) is 7.33. The number of carbonyl (C=O) groups excluding carboxylic acids is 1. The molecule has 31 heavy (non-hydrogen) atoms. The molecule has 162 valence electrons. The van der Waals surface area contributed by atoms with E-state index in [0.29, 0.717) is 57.0 Å². The number of hydrogen-bond donors (Lipinski definition) is 0. The Morgan fingerprint density at radius 3 is 2.65 bits per heavy atom. The zero-order chi connectivity index (χ0) is 21.8. The highest BCUT2D eigenvalue weighted by molar-refractivity contribution is 6.31. The molecular formula is C22H22ClFN4O3. The number of furan rings is 1. The molecule has 1 aliphatic rings. The summed E-state index contributed by atoms with van der Waals surface area (Å²) in [5.74, 6) is 0.194. The topological polar surface area (TPSA) is 71.6 Å². The summed E-state index contributed by atoms with van der Waals surface area (Å²) < 4.78 is 20.0. The summed E-state index contributed by atoms with van der Waals surface area (Å²) in [4.78, 5) is 28.6. The molecule has 9 heteroatoms.